The molecule has 23 heavy (non-hydrogen) atoms. The van der Waals surface area contributed by atoms with Crippen molar-refractivity contribution in [3.05, 3.63) is 65.4 Å². The minimum absolute atomic E-state index is 0.190. The second-order valence-electron chi connectivity index (χ2n) is 5.76. The summed E-state index contributed by atoms with van der Waals surface area (Å²) in [4.78, 5) is 4.50. The van der Waals surface area contributed by atoms with Gasteiger partial charge in [0.25, 0.3) is 10.0 Å². The topological polar surface area (TPSA) is 59.1 Å². The number of benzene rings is 2. The van der Waals surface area contributed by atoms with E-state index in [2.05, 4.69) is 9.71 Å². The molecule has 1 heterocycles. The van der Waals surface area contributed by atoms with Crippen molar-refractivity contribution in [2.24, 2.45) is 0 Å². The third-order valence-electron chi connectivity index (χ3n) is 3.73. The van der Waals surface area contributed by atoms with Crippen LogP contribution in [0.25, 0.3) is 10.9 Å². The molecule has 3 rings (SSSR count). The lowest BCUT2D eigenvalue weighted by Gasteiger charge is -2.12. The Labute approximate surface area is 136 Å². The van der Waals surface area contributed by atoms with E-state index in [1.54, 1.807) is 24.4 Å². The van der Waals surface area contributed by atoms with Crippen LogP contribution in [0.3, 0.4) is 0 Å². The maximum absolute atomic E-state index is 12.8. The number of sulfonamides is 1. The van der Waals surface area contributed by atoms with E-state index >= 15 is 0 Å². The van der Waals surface area contributed by atoms with Crippen LogP contribution >= 0.6 is 0 Å². The first-order chi connectivity index (χ1) is 10.9. The summed E-state index contributed by atoms with van der Waals surface area (Å²) in [5.41, 5.74) is 4.04. The number of fused-ring (bicyclic) bond motifs is 1. The van der Waals surface area contributed by atoms with Crippen LogP contribution in [-0.2, 0) is 10.0 Å². The molecule has 0 aliphatic rings. The number of pyridine rings is 1. The third kappa shape index (κ3) is 3.05. The average Bonchev–Trinajstić information content (AvgIpc) is 2.49. The van der Waals surface area contributed by atoms with Crippen molar-refractivity contribution >= 4 is 26.6 Å². The molecule has 0 amide bonds. The van der Waals surface area contributed by atoms with Crippen LogP contribution in [0.5, 0.6) is 0 Å². The Balaban J connectivity index is 2.10. The van der Waals surface area contributed by atoms with Crippen LogP contribution in [0, 0.1) is 20.8 Å². The van der Waals surface area contributed by atoms with E-state index in [9.17, 15) is 8.42 Å². The Hall–Kier alpha value is -2.40. The van der Waals surface area contributed by atoms with Gasteiger partial charge in [0.2, 0.25) is 0 Å². The van der Waals surface area contributed by atoms with Crippen LogP contribution < -0.4 is 4.72 Å². The summed E-state index contributed by atoms with van der Waals surface area (Å²) in [7, 11) is -3.70. The van der Waals surface area contributed by atoms with Gasteiger partial charge in [0.05, 0.1) is 11.2 Å². The van der Waals surface area contributed by atoms with E-state index in [0.29, 0.717) is 11.2 Å². The number of aromatic nitrogens is 1. The summed E-state index contributed by atoms with van der Waals surface area (Å²) in [6, 6.07) is 12.7. The predicted octanol–water partition coefficient (Wildman–Crippen LogP) is 3.96. The zero-order valence-electron chi connectivity index (χ0n) is 13.3. The number of hydrogen-bond acceptors (Lipinski definition) is 3. The molecule has 0 aliphatic carbocycles. The van der Waals surface area contributed by atoms with E-state index in [1.807, 2.05) is 45.0 Å². The summed E-state index contributed by atoms with van der Waals surface area (Å²) >= 11 is 0. The summed E-state index contributed by atoms with van der Waals surface area (Å²) in [5, 5.41) is 0.813. The summed E-state index contributed by atoms with van der Waals surface area (Å²) < 4.78 is 28.2. The number of nitrogens with zero attached hydrogens (tertiary/aromatic N) is 1. The largest absolute Gasteiger partial charge is 0.279 e. The monoisotopic (exact) mass is 326 g/mol. The van der Waals surface area contributed by atoms with Crippen LogP contribution in [0.4, 0.5) is 5.69 Å². The minimum Gasteiger partial charge on any atom is -0.279 e. The Morgan fingerprint density at radius 2 is 1.74 bits per heavy atom. The molecule has 0 fully saturated rings. The lowest BCUT2D eigenvalue weighted by molar-refractivity contribution is 0.602. The molecule has 5 heteroatoms. The fourth-order valence-corrected chi connectivity index (χ4v) is 3.90. The molecule has 0 bridgehead atoms. The van der Waals surface area contributed by atoms with Crippen molar-refractivity contribution in [3.8, 4) is 0 Å². The quantitative estimate of drug-likeness (QED) is 0.792. The average molecular weight is 326 g/mol. The maximum atomic E-state index is 12.8. The van der Waals surface area contributed by atoms with Crippen LogP contribution in [-0.4, -0.2) is 13.4 Å². The molecule has 118 valence electrons. The van der Waals surface area contributed by atoms with Gasteiger partial charge >= 0.3 is 0 Å². The highest BCUT2D eigenvalue weighted by Gasteiger charge is 2.19. The molecule has 4 nitrogen and oxygen atoms in total. The molecule has 3 aromatic rings. The van der Waals surface area contributed by atoms with Gasteiger partial charge < -0.3 is 0 Å². The Morgan fingerprint density at radius 3 is 2.48 bits per heavy atom. The molecule has 2 aromatic carbocycles. The van der Waals surface area contributed by atoms with E-state index in [1.165, 1.54) is 0 Å². The van der Waals surface area contributed by atoms with Gasteiger partial charge in [0, 0.05) is 11.6 Å². The van der Waals surface area contributed by atoms with Crippen LogP contribution in [0.1, 0.15) is 16.7 Å². The summed E-state index contributed by atoms with van der Waals surface area (Å²) in [6.45, 7) is 5.79. The highest BCUT2D eigenvalue weighted by molar-refractivity contribution is 7.93. The standard InChI is InChI=1S/C18H18N2O2S/c1-12-7-8-16(14(3)9-12)20-23(21,22)17-6-4-5-15-10-13(2)11-19-18(15)17/h4-11,20H,1-3H3. The number of hydrogen-bond donors (Lipinski definition) is 1. The van der Waals surface area contributed by atoms with Crippen molar-refractivity contribution in [3.63, 3.8) is 0 Å². The molecule has 0 atom stereocenters. The van der Waals surface area contributed by atoms with Crippen LogP contribution in [0.15, 0.2) is 53.6 Å². The van der Waals surface area contributed by atoms with Gasteiger partial charge in [-0.2, -0.15) is 0 Å². The first kappa shape index (κ1) is 15.5. The van der Waals surface area contributed by atoms with E-state index in [0.717, 1.165) is 22.1 Å². The maximum Gasteiger partial charge on any atom is 0.264 e. The first-order valence-corrected chi connectivity index (χ1v) is 8.80. The second-order valence-corrected chi connectivity index (χ2v) is 7.42. The fourth-order valence-electron chi connectivity index (χ4n) is 2.59. The number of para-hydroxylation sites is 1. The zero-order valence-corrected chi connectivity index (χ0v) is 14.1. The SMILES string of the molecule is Cc1ccc(NS(=O)(=O)c2cccc3cc(C)cnc23)c(C)c1. The zero-order chi connectivity index (χ0) is 16.6. The summed E-state index contributed by atoms with van der Waals surface area (Å²) in [5.74, 6) is 0. The molecular weight excluding hydrogens is 308 g/mol. The van der Waals surface area contributed by atoms with Crippen molar-refractivity contribution in [1.82, 2.24) is 4.98 Å². The van der Waals surface area contributed by atoms with Crippen molar-refractivity contribution in [2.45, 2.75) is 25.7 Å². The Bertz CT molecular complexity index is 995. The molecule has 0 radical (unpaired) electrons. The molecule has 1 aromatic heterocycles. The molecule has 0 spiro atoms. The fraction of sp³-hybridized carbons (Fsp3) is 0.167. The number of anilines is 1. The van der Waals surface area contributed by atoms with Gasteiger partial charge in [0.1, 0.15) is 4.90 Å². The number of aryl methyl sites for hydroxylation is 3. The molecule has 0 unspecified atom stereocenters. The lowest BCUT2D eigenvalue weighted by Crippen LogP contribution is -2.14. The normalized spacial score (nSPS) is 11.6. The lowest BCUT2D eigenvalue weighted by atomic mass is 10.1. The first-order valence-electron chi connectivity index (χ1n) is 7.32. The van der Waals surface area contributed by atoms with Gasteiger partial charge in [-0.25, -0.2) is 8.42 Å². The Kier molecular flexibility index (Phi) is 3.82. The molecule has 0 saturated carbocycles. The van der Waals surface area contributed by atoms with Gasteiger partial charge in [-0.1, -0.05) is 29.8 Å². The molecular formula is C18H18N2O2S. The van der Waals surface area contributed by atoms with Gasteiger partial charge in [-0.3, -0.25) is 9.71 Å². The van der Waals surface area contributed by atoms with E-state index < -0.39 is 10.0 Å². The number of rotatable bonds is 3. The third-order valence-corrected chi connectivity index (χ3v) is 5.12. The second kappa shape index (κ2) is 5.66. The van der Waals surface area contributed by atoms with Gasteiger partial charge in [0.15, 0.2) is 0 Å². The molecule has 1 N–H and O–H groups in total. The van der Waals surface area contributed by atoms with Gasteiger partial charge in [-0.05, 0) is 50.1 Å². The van der Waals surface area contributed by atoms with Crippen molar-refractivity contribution in [1.29, 1.82) is 0 Å². The van der Waals surface area contributed by atoms with Gasteiger partial charge in [-0.15, -0.1) is 0 Å². The summed E-state index contributed by atoms with van der Waals surface area (Å²) in [6.07, 6.45) is 1.68. The number of nitrogens with one attached hydrogen (secondary N) is 1. The molecule has 0 saturated heterocycles. The smallest absolute Gasteiger partial charge is 0.264 e. The van der Waals surface area contributed by atoms with E-state index in [4.69, 9.17) is 0 Å². The highest BCUT2D eigenvalue weighted by Crippen LogP contribution is 2.25. The van der Waals surface area contributed by atoms with Crippen molar-refractivity contribution in [2.75, 3.05) is 4.72 Å². The molecule has 0 aliphatic heterocycles. The highest BCUT2D eigenvalue weighted by atomic mass is 32.2. The van der Waals surface area contributed by atoms with Crippen LogP contribution in [0.2, 0.25) is 0 Å². The predicted molar refractivity (Wildman–Crippen MR) is 93.2 cm³/mol. The Morgan fingerprint density at radius 1 is 0.957 bits per heavy atom. The van der Waals surface area contributed by atoms with E-state index in [-0.39, 0.29) is 4.90 Å². The van der Waals surface area contributed by atoms with Crippen molar-refractivity contribution < 1.29 is 8.42 Å². The minimum atomic E-state index is -3.70.